The monoisotopic (exact) mass is 179 g/mol. The zero-order valence-corrected chi connectivity index (χ0v) is 6.93. The molecule has 0 spiro atoms. The van der Waals surface area contributed by atoms with Crippen molar-refractivity contribution in [3.8, 4) is 12.3 Å². The van der Waals surface area contributed by atoms with Crippen LogP contribution in [0, 0.1) is 12.3 Å². The number of anilines is 1. The van der Waals surface area contributed by atoms with Crippen LogP contribution < -0.4 is 5.32 Å². The van der Waals surface area contributed by atoms with E-state index >= 15 is 0 Å². The molecule has 0 aromatic heterocycles. The van der Waals surface area contributed by atoms with E-state index < -0.39 is 5.91 Å². The maximum absolute atomic E-state index is 10.7. The number of nitrogens with one attached hydrogen (secondary N) is 1. The molecule has 1 N–H and O–H groups in total. The van der Waals surface area contributed by atoms with Crippen molar-refractivity contribution in [1.82, 2.24) is 0 Å². The molecular formula is C9H6ClNO. The molecule has 0 saturated carbocycles. The van der Waals surface area contributed by atoms with E-state index in [1.54, 1.807) is 24.3 Å². The molecule has 0 atom stereocenters. The molecule has 1 amide bonds. The SMILES string of the molecule is C#CC(=O)Nc1ccc(Cl)cc1. The summed E-state index contributed by atoms with van der Waals surface area (Å²) in [5.41, 5.74) is 0.641. The summed E-state index contributed by atoms with van der Waals surface area (Å²) in [7, 11) is 0. The third kappa shape index (κ3) is 2.30. The Morgan fingerprint density at radius 2 is 2.00 bits per heavy atom. The van der Waals surface area contributed by atoms with Crippen molar-refractivity contribution in [2.24, 2.45) is 0 Å². The summed E-state index contributed by atoms with van der Waals surface area (Å²) in [6, 6.07) is 6.70. The first kappa shape index (κ1) is 8.63. The highest BCUT2D eigenvalue weighted by molar-refractivity contribution is 6.30. The summed E-state index contributed by atoms with van der Waals surface area (Å²) in [5, 5.41) is 3.10. The first-order valence-corrected chi connectivity index (χ1v) is 3.63. The fourth-order valence-electron chi connectivity index (χ4n) is 0.700. The van der Waals surface area contributed by atoms with Crippen LogP contribution in [0.1, 0.15) is 0 Å². The molecule has 1 rings (SSSR count). The van der Waals surface area contributed by atoms with Gasteiger partial charge in [0.2, 0.25) is 0 Å². The van der Waals surface area contributed by atoms with Crippen molar-refractivity contribution in [2.75, 3.05) is 5.32 Å². The van der Waals surface area contributed by atoms with Crippen LogP contribution in [0.5, 0.6) is 0 Å². The fraction of sp³-hybridized carbons (Fsp3) is 0. The predicted octanol–water partition coefficient (Wildman–Crippen LogP) is 1.91. The second-order valence-corrected chi connectivity index (χ2v) is 2.54. The number of carbonyl (C=O) groups is 1. The van der Waals surface area contributed by atoms with Gasteiger partial charge in [0, 0.05) is 10.7 Å². The van der Waals surface area contributed by atoms with E-state index in [1.807, 2.05) is 5.92 Å². The Labute approximate surface area is 75.5 Å². The Morgan fingerprint density at radius 3 is 2.50 bits per heavy atom. The molecule has 1 aromatic rings. The maximum Gasteiger partial charge on any atom is 0.300 e. The smallest absolute Gasteiger partial charge is 0.300 e. The summed E-state index contributed by atoms with van der Waals surface area (Å²) >= 11 is 5.63. The number of rotatable bonds is 1. The summed E-state index contributed by atoms with van der Waals surface area (Å²) < 4.78 is 0. The molecule has 1 aromatic carbocycles. The zero-order valence-electron chi connectivity index (χ0n) is 6.17. The predicted molar refractivity (Wildman–Crippen MR) is 48.9 cm³/mol. The molecule has 0 aliphatic carbocycles. The lowest BCUT2D eigenvalue weighted by Gasteiger charge is -1.99. The summed E-state index contributed by atoms with van der Waals surface area (Å²) in [6.07, 6.45) is 4.86. The summed E-state index contributed by atoms with van der Waals surface area (Å²) in [5.74, 6) is 1.48. The number of carbonyl (C=O) groups excluding carboxylic acids is 1. The number of hydrogen-bond donors (Lipinski definition) is 1. The normalized spacial score (nSPS) is 8.67. The molecular weight excluding hydrogens is 174 g/mol. The van der Waals surface area contributed by atoms with Gasteiger partial charge in [-0.3, -0.25) is 4.79 Å². The van der Waals surface area contributed by atoms with Gasteiger partial charge in [0.15, 0.2) is 0 Å². The van der Waals surface area contributed by atoms with E-state index in [0.717, 1.165) is 0 Å². The van der Waals surface area contributed by atoms with Crippen LogP contribution in [0.15, 0.2) is 24.3 Å². The van der Waals surface area contributed by atoms with Crippen molar-refractivity contribution >= 4 is 23.2 Å². The van der Waals surface area contributed by atoms with Crippen molar-refractivity contribution in [1.29, 1.82) is 0 Å². The number of hydrogen-bond acceptors (Lipinski definition) is 1. The van der Waals surface area contributed by atoms with Gasteiger partial charge in [-0.15, -0.1) is 6.42 Å². The number of terminal acetylenes is 1. The minimum atomic E-state index is -0.461. The Hall–Kier alpha value is -1.46. The third-order valence-electron chi connectivity index (χ3n) is 1.23. The summed E-state index contributed by atoms with van der Waals surface area (Å²) in [4.78, 5) is 10.7. The Kier molecular flexibility index (Phi) is 2.73. The second-order valence-electron chi connectivity index (χ2n) is 2.11. The largest absolute Gasteiger partial charge is 0.315 e. The molecule has 0 saturated heterocycles. The maximum atomic E-state index is 10.7. The quantitative estimate of drug-likeness (QED) is 0.656. The molecule has 60 valence electrons. The van der Waals surface area contributed by atoms with Crippen LogP contribution >= 0.6 is 11.6 Å². The van der Waals surface area contributed by atoms with Crippen LogP contribution in [0.3, 0.4) is 0 Å². The first-order valence-electron chi connectivity index (χ1n) is 3.25. The highest BCUT2D eigenvalue weighted by Gasteiger charge is 1.95. The molecule has 0 bridgehead atoms. The van der Waals surface area contributed by atoms with Gasteiger partial charge in [0.05, 0.1) is 0 Å². The van der Waals surface area contributed by atoms with Crippen LogP contribution in [0.4, 0.5) is 5.69 Å². The van der Waals surface area contributed by atoms with Gasteiger partial charge in [-0.05, 0) is 30.2 Å². The van der Waals surface area contributed by atoms with Gasteiger partial charge >= 0.3 is 0 Å². The minimum Gasteiger partial charge on any atom is -0.315 e. The van der Waals surface area contributed by atoms with Crippen molar-refractivity contribution < 1.29 is 4.79 Å². The topological polar surface area (TPSA) is 29.1 Å². The van der Waals surface area contributed by atoms with Gasteiger partial charge in [-0.25, -0.2) is 0 Å². The van der Waals surface area contributed by atoms with Gasteiger partial charge in [0.25, 0.3) is 5.91 Å². The highest BCUT2D eigenvalue weighted by atomic mass is 35.5. The standard InChI is InChI=1S/C9H6ClNO/c1-2-9(12)11-8-5-3-7(10)4-6-8/h1,3-6H,(H,11,12). The van der Waals surface area contributed by atoms with E-state index in [4.69, 9.17) is 18.0 Å². The van der Waals surface area contributed by atoms with Crippen LogP contribution in [0.2, 0.25) is 5.02 Å². The zero-order chi connectivity index (χ0) is 8.97. The molecule has 0 radical (unpaired) electrons. The molecule has 0 aliphatic heterocycles. The van der Waals surface area contributed by atoms with Crippen LogP contribution in [-0.2, 0) is 4.79 Å². The Balaban J connectivity index is 2.73. The van der Waals surface area contributed by atoms with Crippen molar-refractivity contribution in [2.45, 2.75) is 0 Å². The van der Waals surface area contributed by atoms with Crippen molar-refractivity contribution in [3.05, 3.63) is 29.3 Å². The van der Waals surface area contributed by atoms with E-state index in [-0.39, 0.29) is 0 Å². The number of benzene rings is 1. The lowest BCUT2D eigenvalue weighted by molar-refractivity contribution is -0.111. The number of amides is 1. The van der Waals surface area contributed by atoms with Crippen LogP contribution in [0.25, 0.3) is 0 Å². The highest BCUT2D eigenvalue weighted by Crippen LogP contribution is 2.12. The van der Waals surface area contributed by atoms with Gasteiger partial charge in [0.1, 0.15) is 0 Å². The lowest BCUT2D eigenvalue weighted by atomic mass is 10.3. The lowest BCUT2D eigenvalue weighted by Crippen LogP contribution is -2.07. The summed E-state index contributed by atoms with van der Waals surface area (Å²) in [6.45, 7) is 0. The second kappa shape index (κ2) is 3.80. The van der Waals surface area contributed by atoms with E-state index in [1.165, 1.54) is 0 Å². The number of halogens is 1. The molecule has 2 nitrogen and oxygen atoms in total. The van der Waals surface area contributed by atoms with E-state index in [2.05, 4.69) is 5.32 Å². The van der Waals surface area contributed by atoms with E-state index in [9.17, 15) is 4.79 Å². The van der Waals surface area contributed by atoms with Gasteiger partial charge < -0.3 is 5.32 Å². The van der Waals surface area contributed by atoms with E-state index in [0.29, 0.717) is 10.7 Å². The van der Waals surface area contributed by atoms with Crippen molar-refractivity contribution in [3.63, 3.8) is 0 Å². The molecule has 0 fully saturated rings. The Morgan fingerprint density at radius 1 is 1.42 bits per heavy atom. The molecule has 0 aliphatic rings. The molecule has 12 heavy (non-hydrogen) atoms. The molecule has 0 heterocycles. The average Bonchev–Trinajstić information content (AvgIpc) is 2.09. The van der Waals surface area contributed by atoms with Crippen LogP contribution in [-0.4, -0.2) is 5.91 Å². The minimum absolute atomic E-state index is 0.461. The first-order chi connectivity index (χ1) is 5.72. The molecule has 0 unspecified atom stereocenters. The average molecular weight is 180 g/mol. The van der Waals surface area contributed by atoms with Gasteiger partial charge in [-0.2, -0.15) is 0 Å². The fourth-order valence-corrected chi connectivity index (χ4v) is 0.826. The van der Waals surface area contributed by atoms with Gasteiger partial charge in [-0.1, -0.05) is 11.6 Å². The third-order valence-corrected chi connectivity index (χ3v) is 1.49. The molecule has 3 heteroatoms. The Bertz CT molecular complexity index is 323.